The molecule has 1 unspecified atom stereocenters. The van der Waals surface area contributed by atoms with E-state index in [1.807, 2.05) is 6.07 Å². The van der Waals surface area contributed by atoms with Crippen molar-refractivity contribution in [3.05, 3.63) is 47.5 Å². The van der Waals surface area contributed by atoms with Crippen molar-refractivity contribution < 1.29 is 4.79 Å². The van der Waals surface area contributed by atoms with Crippen molar-refractivity contribution in [1.29, 1.82) is 0 Å². The first-order chi connectivity index (χ1) is 10.3. The summed E-state index contributed by atoms with van der Waals surface area (Å²) in [4.78, 5) is 16.4. The number of hydrogen-bond acceptors (Lipinski definition) is 3. The smallest absolute Gasteiger partial charge is 0.227 e. The maximum absolute atomic E-state index is 12.4. The summed E-state index contributed by atoms with van der Waals surface area (Å²) in [6.45, 7) is 0.679. The molecule has 3 rings (SSSR count). The highest BCUT2D eigenvalue weighted by atomic mass is 16.1. The lowest BCUT2D eigenvalue weighted by Crippen LogP contribution is -2.32. The Morgan fingerprint density at radius 2 is 2.29 bits per heavy atom. The molecule has 2 aromatic rings. The minimum atomic E-state index is 0.0141. The maximum atomic E-state index is 12.4. The Morgan fingerprint density at radius 1 is 1.38 bits per heavy atom. The van der Waals surface area contributed by atoms with Gasteiger partial charge >= 0.3 is 0 Å². The van der Waals surface area contributed by atoms with Gasteiger partial charge in [0.15, 0.2) is 0 Å². The third kappa shape index (κ3) is 3.29. The zero-order valence-corrected chi connectivity index (χ0v) is 12.0. The van der Waals surface area contributed by atoms with Crippen LogP contribution < -0.4 is 5.32 Å². The van der Waals surface area contributed by atoms with Crippen LogP contribution in [0.2, 0.25) is 0 Å². The summed E-state index contributed by atoms with van der Waals surface area (Å²) in [5.74, 6) is 1.03. The number of nitrogens with one attached hydrogen (secondary N) is 2. The van der Waals surface area contributed by atoms with E-state index in [9.17, 15) is 4.79 Å². The number of rotatable bonds is 5. The Hall–Kier alpha value is -2.17. The summed E-state index contributed by atoms with van der Waals surface area (Å²) in [5, 5.41) is 9.69. The zero-order valence-electron chi connectivity index (χ0n) is 12.0. The number of hydrogen-bond donors (Lipinski definition) is 2. The van der Waals surface area contributed by atoms with Crippen molar-refractivity contribution >= 4 is 5.91 Å². The molecule has 0 saturated carbocycles. The predicted molar refractivity (Wildman–Crippen MR) is 79.8 cm³/mol. The van der Waals surface area contributed by atoms with E-state index >= 15 is 0 Å². The molecule has 1 amide bonds. The van der Waals surface area contributed by atoms with Gasteiger partial charge in [-0.2, -0.15) is 5.10 Å². The molecule has 0 spiro atoms. The second-order valence-electron chi connectivity index (χ2n) is 5.47. The number of H-pyrrole nitrogens is 1. The van der Waals surface area contributed by atoms with Crippen LogP contribution in [0, 0.1) is 0 Å². The monoisotopic (exact) mass is 284 g/mol. The summed E-state index contributed by atoms with van der Waals surface area (Å²) < 4.78 is 0. The number of carbonyl (C=O) groups excluding carboxylic acids is 1. The van der Waals surface area contributed by atoms with Gasteiger partial charge < -0.3 is 5.32 Å². The molecule has 1 aromatic carbocycles. The van der Waals surface area contributed by atoms with Crippen LogP contribution in [0.3, 0.4) is 0 Å². The Kier molecular flexibility index (Phi) is 4.28. The van der Waals surface area contributed by atoms with Gasteiger partial charge in [0.2, 0.25) is 5.91 Å². The molecule has 110 valence electrons. The van der Waals surface area contributed by atoms with E-state index in [0.717, 1.165) is 37.9 Å². The highest BCUT2D eigenvalue weighted by molar-refractivity contribution is 5.84. The molecule has 0 aliphatic heterocycles. The normalized spacial score (nSPS) is 17.2. The number of benzene rings is 1. The molecular formula is C16H20N4O. The SMILES string of the molecule is O=C(NCCCc1ncn[nH]1)C1CCCc2ccccc21. The van der Waals surface area contributed by atoms with Crippen LogP contribution >= 0.6 is 0 Å². The molecule has 0 radical (unpaired) electrons. The summed E-state index contributed by atoms with van der Waals surface area (Å²) in [5.41, 5.74) is 2.53. The Balaban J connectivity index is 1.52. The van der Waals surface area contributed by atoms with Crippen molar-refractivity contribution in [2.45, 2.75) is 38.0 Å². The van der Waals surface area contributed by atoms with Gasteiger partial charge in [-0.15, -0.1) is 0 Å². The molecule has 21 heavy (non-hydrogen) atoms. The van der Waals surface area contributed by atoms with E-state index in [-0.39, 0.29) is 11.8 Å². The van der Waals surface area contributed by atoms with Gasteiger partial charge in [-0.1, -0.05) is 24.3 Å². The third-order valence-corrected chi connectivity index (χ3v) is 4.04. The number of aromatic nitrogens is 3. The number of amides is 1. The number of aromatic amines is 1. The molecule has 1 heterocycles. The van der Waals surface area contributed by atoms with Crippen molar-refractivity contribution in [3.8, 4) is 0 Å². The molecule has 0 bridgehead atoms. The van der Waals surface area contributed by atoms with E-state index in [1.165, 1.54) is 17.5 Å². The molecule has 2 N–H and O–H groups in total. The predicted octanol–water partition coefficient (Wildman–Crippen LogP) is 1.97. The Bertz CT molecular complexity index is 594. The number of aryl methyl sites for hydroxylation is 2. The molecular weight excluding hydrogens is 264 g/mol. The lowest BCUT2D eigenvalue weighted by Gasteiger charge is -2.24. The van der Waals surface area contributed by atoms with Gasteiger partial charge in [-0.25, -0.2) is 4.98 Å². The molecule has 1 atom stereocenters. The molecule has 1 aliphatic carbocycles. The summed E-state index contributed by atoms with van der Waals surface area (Å²) in [6.07, 6.45) is 6.31. The molecule has 1 aliphatic rings. The largest absolute Gasteiger partial charge is 0.356 e. The summed E-state index contributed by atoms with van der Waals surface area (Å²) >= 11 is 0. The highest BCUT2D eigenvalue weighted by Gasteiger charge is 2.25. The van der Waals surface area contributed by atoms with E-state index in [0.29, 0.717) is 6.54 Å². The Labute approximate surface area is 124 Å². The van der Waals surface area contributed by atoms with Crippen molar-refractivity contribution in [2.24, 2.45) is 0 Å². The second-order valence-corrected chi connectivity index (χ2v) is 5.47. The fourth-order valence-corrected chi connectivity index (χ4v) is 2.97. The van der Waals surface area contributed by atoms with Crippen LogP contribution in [0.4, 0.5) is 0 Å². The van der Waals surface area contributed by atoms with Gasteiger partial charge in [0, 0.05) is 13.0 Å². The average molecular weight is 284 g/mol. The first kappa shape index (κ1) is 13.8. The van der Waals surface area contributed by atoms with Crippen LogP contribution in [0.25, 0.3) is 0 Å². The average Bonchev–Trinajstić information content (AvgIpc) is 3.04. The van der Waals surface area contributed by atoms with Crippen molar-refractivity contribution in [3.63, 3.8) is 0 Å². The quantitative estimate of drug-likeness (QED) is 0.825. The van der Waals surface area contributed by atoms with E-state index in [1.54, 1.807) is 0 Å². The topological polar surface area (TPSA) is 70.7 Å². The molecule has 1 aromatic heterocycles. The van der Waals surface area contributed by atoms with Gasteiger partial charge in [0.05, 0.1) is 5.92 Å². The summed E-state index contributed by atoms with van der Waals surface area (Å²) in [6, 6.07) is 8.30. The number of carbonyl (C=O) groups is 1. The third-order valence-electron chi connectivity index (χ3n) is 4.04. The fourth-order valence-electron chi connectivity index (χ4n) is 2.97. The molecule has 5 nitrogen and oxygen atoms in total. The number of nitrogens with zero attached hydrogens (tertiary/aromatic N) is 2. The molecule has 5 heteroatoms. The molecule has 0 fully saturated rings. The van der Waals surface area contributed by atoms with Crippen LogP contribution in [0.5, 0.6) is 0 Å². The van der Waals surface area contributed by atoms with Gasteiger partial charge in [-0.05, 0) is 36.8 Å². The van der Waals surface area contributed by atoms with Crippen LogP contribution in [0.15, 0.2) is 30.6 Å². The van der Waals surface area contributed by atoms with E-state index < -0.39 is 0 Å². The minimum Gasteiger partial charge on any atom is -0.356 e. The minimum absolute atomic E-state index is 0.0141. The lowest BCUT2D eigenvalue weighted by molar-refractivity contribution is -0.122. The Morgan fingerprint density at radius 3 is 3.14 bits per heavy atom. The van der Waals surface area contributed by atoms with Crippen LogP contribution in [0.1, 0.15) is 42.1 Å². The van der Waals surface area contributed by atoms with Crippen molar-refractivity contribution in [2.75, 3.05) is 6.54 Å². The van der Waals surface area contributed by atoms with Gasteiger partial charge in [-0.3, -0.25) is 9.89 Å². The second kappa shape index (κ2) is 6.52. The molecule has 0 saturated heterocycles. The van der Waals surface area contributed by atoms with E-state index in [4.69, 9.17) is 0 Å². The van der Waals surface area contributed by atoms with Gasteiger partial charge in [0.1, 0.15) is 12.2 Å². The van der Waals surface area contributed by atoms with Crippen LogP contribution in [-0.4, -0.2) is 27.6 Å². The highest BCUT2D eigenvalue weighted by Crippen LogP contribution is 2.31. The lowest BCUT2D eigenvalue weighted by atomic mass is 9.82. The summed E-state index contributed by atoms with van der Waals surface area (Å²) in [7, 11) is 0. The van der Waals surface area contributed by atoms with Crippen LogP contribution in [-0.2, 0) is 17.6 Å². The fraction of sp³-hybridized carbons (Fsp3) is 0.438. The standard InChI is InChI=1S/C16H20N4O/c21-16(17-10-4-9-15-18-11-19-20-15)14-8-3-6-12-5-1-2-7-13(12)14/h1-2,5,7,11,14H,3-4,6,8-10H2,(H,17,21)(H,18,19,20). The zero-order chi connectivity index (χ0) is 14.5. The first-order valence-electron chi connectivity index (χ1n) is 7.54. The van der Waals surface area contributed by atoms with E-state index in [2.05, 4.69) is 38.7 Å². The maximum Gasteiger partial charge on any atom is 0.227 e. The first-order valence-corrected chi connectivity index (χ1v) is 7.54. The van der Waals surface area contributed by atoms with Gasteiger partial charge in [0.25, 0.3) is 0 Å². The van der Waals surface area contributed by atoms with Crippen molar-refractivity contribution in [1.82, 2.24) is 20.5 Å². The number of fused-ring (bicyclic) bond motifs is 1.